The average molecular weight is 243 g/mol. The van der Waals surface area contributed by atoms with Crippen LogP contribution in [0.15, 0.2) is 24.3 Å². The topological polar surface area (TPSA) is 48.1 Å². The van der Waals surface area contributed by atoms with Gasteiger partial charge in [0.15, 0.2) is 0 Å². The quantitative estimate of drug-likeness (QED) is 0.798. The number of fused-ring (bicyclic) bond motifs is 1. The van der Waals surface area contributed by atoms with Crippen LogP contribution in [0, 0.1) is 6.92 Å². The molecule has 1 aliphatic rings. The average Bonchev–Trinajstić information content (AvgIpc) is 2.75. The van der Waals surface area contributed by atoms with Crippen molar-refractivity contribution in [2.24, 2.45) is 0 Å². The van der Waals surface area contributed by atoms with E-state index in [1.165, 1.54) is 0 Å². The molecule has 0 atom stereocenters. The molecule has 1 amide bonds. The van der Waals surface area contributed by atoms with Crippen LogP contribution in [0.3, 0.4) is 0 Å². The molecule has 94 valence electrons. The number of benzene rings is 1. The largest absolute Gasteiger partial charge is 0.358 e. The Morgan fingerprint density at radius 1 is 1.22 bits per heavy atom. The number of carbonyl (C=O) groups is 1. The Balaban J connectivity index is 2.02. The summed E-state index contributed by atoms with van der Waals surface area (Å²) in [5.41, 5.74) is 2.82. The van der Waals surface area contributed by atoms with Crippen LogP contribution in [0.1, 0.15) is 16.1 Å². The number of H-pyrrole nitrogens is 1. The molecule has 18 heavy (non-hydrogen) atoms. The van der Waals surface area contributed by atoms with Gasteiger partial charge >= 0.3 is 0 Å². The Kier molecular flexibility index (Phi) is 2.80. The normalized spacial score (nSPS) is 16.2. The van der Waals surface area contributed by atoms with Crippen molar-refractivity contribution < 1.29 is 4.79 Å². The Morgan fingerprint density at radius 2 is 1.94 bits per heavy atom. The molecular formula is C14H17N3O. The van der Waals surface area contributed by atoms with E-state index in [1.807, 2.05) is 36.1 Å². The van der Waals surface area contributed by atoms with E-state index in [0.29, 0.717) is 0 Å². The van der Waals surface area contributed by atoms with Crippen molar-refractivity contribution in [1.29, 1.82) is 0 Å². The number of piperazine rings is 1. The number of hydrogen-bond acceptors (Lipinski definition) is 2. The first-order chi connectivity index (χ1) is 8.77. The lowest BCUT2D eigenvalue weighted by Crippen LogP contribution is -2.46. The highest BCUT2D eigenvalue weighted by atomic mass is 16.2. The van der Waals surface area contributed by atoms with E-state index >= 15 is 0 Å². The van der Waals surface area contributed by atoms with E-state index in [1.54, 1.807) is 0 Å². The van der Waals surface area contributed by atoms with Crippen LogP contribution in [0.2, 0.25) is 0 Å². The number of nitrogens with zero attached hydrogens (tertiary/aromatic N) is 1. The first-order valence-electron chi connectivity index (χ1n) is 6.34. The lowest BCUT2D eigenvalue weighted by atomic mass is 10.1. The Bertz CT molecular complexity index is 582. The molecule has 0 unspecified atom stereocenters. The van der Waals surface area contributed by atoms with Gasteiger partial charge in [0.1, 0.15) is 0 Å². The molecule has 1 aliphatic heterocycles. The van der Waals surface area contributed by atoms with Crippen molar-refractivity contribution in [2.75, 3.05) is 26.2 Å². The number of aromatic amines is 1. The zero-order chi connectivity index (χ0) is 12.5. The summed E-state index contributed by atoms with van der Waals surface area (Å²) in [4.78, 5) is 17.8. The van der Waals surface area contributed by atoms with Gasteiger partial charge in [0.25, 0.3) is 5.91 Å². The van der Waals surface area contributed by atoms with E-state index in [2.05, 4.69) is 10.3 Å². The summed E-state index contributed by atoms with van der Waals surface area (Å²) in [6.07, 6.45) is 0. The van der Waals surface area contributed by atoms with Crippen molar-refractivity contribution in [3.8, 4) is 0 Å². The molecule has 2 N–H and O–H groups in total. The number of nitrogens with one attached hydrogen (secondary N) is 2. The zero-order valence-corrected chi connectivity index (χ0v) is 10.5. The van der Waals surface area contributed by atoms with E-state index in [-0.39, 0.29) is 5.91 Å². The second-order valence-corrected chi connectivity index (χ2v) is 4.71. The number of hydrogen-bond donors (Lipinski definition) is 2. The van der Waals surface area contributed by atoms with E-state index in [9.17, 15) is 4.79 Å². The third kappa shape index (κ3) is 1.78. The van der Waals surface area contributed by atoms with Crippen LogP contribution in [0.25, 0.3) is 10.9 Å². The van der Waals surface area contributed by atoms with E-state index < -0.39 is 0 Å². The molecule has 1 fully saturated rings. The molecule has 0 bridgehead atoms. The summed E-state index contributed by atoms with van der Waals surface area (Å²) in [7, 11) is 0. The molecule has 0 spiro atoms. The third-order valence-corrected chi connectivity index (χ3v) is 3.51. The number of amides is 1. The maximum absolute atomic E-state index is 12.6. The number of carbonyl (C=O) groups excluding carboxylic acids is 1. The lowest BCUT2D eigenvalue weighted by molar-refractivity contribution is 0.0737. The fourth-order valence-electron chi connectivity index (χ4n) is 2.58. The second kappa shape index (κ2) is 4.46. The minimum absolute atomic E-state index is 0.145. The standard InChI is InChI=1S/C14H17N3O/c1-10-13(11-4-2-3-5-12(11)16-10)14(18)17-8-6-15-7-9-17/h2-5,15-16H,6-9H2,1H3. The Labute approximate surface area is 106 Å². The van der Waals surface area contributed by atoms with Gasteiger partial charge in [0, 0.05) is 42.8 Å². The van der Waals surface area contributed by atoms with Crippen LogP contribution in [0.4, 0.5) is 0 Å². The van der Waals surface area contributed by atoms with E-state index in [4.69, 9.17) is 0 Å². The molecule has 4 heteroatoms. The van der Waals surface area contributed by atoms with Crippen LogP contribution in [-0.2, 0) is 0 Å². The lowest BCUT2D eigenvalue weighted by Gasteiger charge is -2.27. The van der Waals surface area contributed by atoms with Crippen LogP contribution >= 0.6 is 0 Å². The maximum Gasteiger partial charge on any atom is 0.256 e. The van der Waals surface area contributed by atoms with Crippen molar-refractivity contribution in [3.63, 3.8) is 0 Å². The van der Waals surface area contributed by atoms with Crippen LogP contribution < -0.4 is 5.32 Å². The Hall–Kier alpha value is -1.81. The zero-order valence-electron chi connectivity index (χ0n) is 10.5. The monoisotopic (exact) mass is 243 g/mol. The van der Waals surface area contributed by atoms with Gasteiger partial charge in [-0.3, -0.25) is 4.79 Å². The third-order valence-electron chi connectivity index (χ3n) is 3.51. The molecule has 0 saturated carbocycles. The maximum atomic E-state index is 12.6. The van der Waals surface area contributed by atoms with Crippen molar-refractivity contribution >= 4 is 16.8 Å². The van der Waals surface area contributed by atoms with Gasteiger partial charge in [0.05, 0.1) is 5.56 Å². The molecule has 1 aromatic carbocycles. The molecule has 4 nitrogen and oxygen atoms in total. The van der Waals surface area contributed by atoms with Crippen LogP contribution in [-0.4, -0.2) is 42.0 Å². The molecule has 2 aromatic rings. The minimum atomic E-state index is 0.145. The molecule has 3 rings (SSSR count). The fraction of sp³-hybridized carbons (Fsp3) is 0.357. The summed E-state index contributed by atoms with van der Waals surface area (Å²) in [6.45, 7) is 5.31. The smallest absolute Gasteiger partial charge is 0.256 e. The highest BCUT2D eigenvalue weighted by molar-refractivity contribution is 6.08. The Morgan fingerprint density at radius 3 is 2.72 bits per heavy atom. The minimum Gasteiger partial charge on any atom is -0.358 e. The first-order valence-corrected chi connectivity index (χ1v) is 6.34. The molecule has 0 radical (unpaired) electrons. The molecule has 1 saturated heterocycles. The number of aromatic nitrogens is 1. The predicted molar refractivity (Wildman–Crippen MR) is 71.8 cm³/mol. The number of para-hydroxylation sites is 1. The number of rotatable bonds is 1. The summed E-state index contributed by atoms with van der Waals surface area (Å²) in [5.74, 6) is 0.145. The summed E-state index contributed by atoms with van der Waals surface area (Å²) >= 11 is 0. The molecule has 0 aliphatic carbocycles. The first kappa shape index (κ1) is 11.3. The van der Waals surface area contributed by atoms with Gasteiger partial charge in [0.2, 0.25) is 0 Å². The highest BCUT2D eigenvalue weighted by Gasteiger charge is 2.22. The van der Waals surface area contributed by atoms with Gasteiger partial charge in [-0.2, -0.15) is 0 Å². The summed E-state index contributed by atoms with van der Waals surface area (Å²) in [6, 6.07) is 7.98. The van der Waals surface area contributed by atoms with Crippen molar-refractivity contribution in [1.82, 2.24) is 15.2 Å². The predicted octanol–water partition coefficient (Wildman–Crippen LogP) is 1.52. The highest BCUT2D eigenvalue weighted by Crippen LogP contribution is 2.23. The molecule has 2 heterocycles. The van der Waals surface area contributed by atoms with E-state index in [0.717, 1.165) is 48.3 Å². The second-order valence-electron chi connectivity index (χ2n) is 4.71. The van der Waals surface area contributed by atoms with Gasteiger partial charge < -0.3 is 15.2 Å². The van der Waals surface area contributed by atoms with Crippen molar-refractivity contribution in [3.05, 3.63) is 35.5 Å². The van der Waals surface area contributed by atoms with Crippen LogP contribution in [0.5, 0.6) is 0 Å². The van der Waals surface area contributed by atoms with Gasteiger partial charge in [-0.1, -0.05) is 18.2 Å². The fourth-order valence-corrected chi connectivity index (χ4v) is 2.58. The SMILES string of the molecule is Cc1[nH]c2ccccc2c1C(=O)N1CCNCC1. The van der Waals surface area contributed by atoms with Gasteiger partial charge in [-0.15, -0.1) is 0 Å². The van der Waals surface area contributed by atoms with Crippen molar-refractivity contribution in [2.45, 2.75) is 6.92 Å². The molecular weight excluding hydrogens is 226 g/mol. The number of aryl methyl sites for hydroxylation is 1. The summed E-state index contributed by atoms with van der Waals surface area (Å²) in [5, 5.41) is 4.29. The summed E-state index contributed by atoms with van der Waals surface area (Å²) < 4.78 is 0. The molecule has 1 aromatic heterocycles. The van der Waals surface area contributed by atoms with Gasteiger partial charge in [-0.05, 0) is 13.0 Å². The van der Waals surface area contributed by atoms with Gasteiger partial charge in [-0.25, -0.2) is 0 Å².